The lowest BCUT2D eigenvalue weighted by Crippen LogP contribution is -2.47. The molecule has 0 fully saturated rings. The summed E-state index contributed by atoms with van der Waals surface area (Å²) in [6, 6.07) is 14.9. The largest absolute Gasteiger partial charge is 0.480 e. The van der Waals surface area contributed by atoms with Gasteiger partial charge in [-0.15, -0.1) is 0 Å². The summed E-state index contributed by atoms with van der Waals surface area (Å²) in [5.74, 6) is -1.22. The zero-order chi connectivity index (χ0) is 18.0. The predicted octanol–water partition coefficient (Wildman–Crippen LogP) is 2.28. The van der Waals surface area contributed by atoms with Gasteiger partial charge in [-0.1, -0.05) is 48.5 Å². The first kappa shape index (κ1) is 17.0. The van der Waals surface area contributed by atoms with E-state index in [-0.39, 0.29) is 19.1 Å². The number of carbonyl (C=O) groups excluding carboxylic acids is 1. The van der Waals surface area contributed by atoms with E-state index in [0.717, 1.165) is 27.2 Å². The second-order valence-electron chi connectivity index (χ2n) is 6.00. The van der Waals surface area contributed by atoms with Crippen molar-refractivity contribution < 1.29 is 19.4 Å². The van der Waals surface area contributed by atoms with Crippen molar-refractivity contribution in [3.8, 4) is 11.1 Å². The van der Waals surface area contributed by atoms with E-state index in [4.69, 9.17) is 15.6 Å². The molecular formula is C19H20N2O4. The van der Waals surface area contributed by atoms with Gasteiger partial charge in [0.15, 0.2) is 0 Å². The Kier molecular flexibility index (Phi) is 4.72. The summed E-state index contributed by atoms with van der Waals surface area (Å²) in [5.41, 5.74) is 9.91. The fourth-order valence-electron chi connectivity index (χ4n) is 3.25. The molecule has 1 atom stereocenters. The van der Waals surface area contributed by atoms with Crippen molar-refractivity contribution >= 4 is 12.1 Å². The zero-order valence-corrected chi connectivity index (χ0v) is 13.9. The van der Waals surface area contributed by atoms with Gasteiger partial charge in [0.05, 0.1) is 0 Å². The molecule has 2 aromatic carbocycles. The maximum absolute atomic E-state index is 12.2. The minimum Gasteiger partial charge on any atom is -0.480 e. The number of hydrogen-bond acceptors (Lipinski definition) is 4. The molecule has 0 bridgehead atoms. The highest BCUT2D eigenvalue weighted by atomic mass is 16.6. The van der Waals surface area contributed by atoms with Crippen molar-refractivity contribution in [1.82, 2.24) is 4.90 Å². The molecule has 0 aromatic heterocycles. The van der Waals surface area contributed by atoms with E-state index in [1.807, 2.05) is 36.4 Å². The Morgan fingerprint density at radius 2 is 1.64 bits per heavy atom. The van der Waals surface area contributed by atoms with Crippen molar-refractivity contribution in [3.63, 3.8) is 0 Å². The maximum atomic E-state index is 12.2. The lowest BCUT2D eigenvalue weighted by atomic mass is 9.98. The molecule has 0 radical (unpaired) electrons. The normalized spacial score (nSPS) is 13.7. The van der Waals surface area contributed by atoms with Crippen LogP contribution in [0.5, 0.6) is 0 Å². The number of hydrogen-bond donors (Lipinski definition) is 2. The number of nitrogens with two attached hydrogens (primary N) is 1. The summed E-state index contributed by atoms with van der Waals surface area (Å²) in [7, 11) is 1.38. The molecule has 0 spiro atoms. The van der Waals surface area contributed by atoms with Crippen LogP contribution in [0, 0.1) is 0 Å². The van der Waals surface area contributed by atoms with Crippen LogP contribution in [0.1, 0.15) is 17.0 Å². The molecule has 2 aromatic rings. The minimum absolute atomic E-state index is 0.0640. The van der Waals surface area contributed by atoms with Crippen molar-refractivity contribution in [1.29, 1.82) is 0 Å². The van der Waals surface area contributed by atoms with Crippen LogP contribution in [0.2, 0.25) is 0 Å². The molecule has 1 aliphatic carbocycles. The van der Waals surface area contributed by atoms with E-state index in [9.17, 15) is 9.59 Å². The molecule has 6 nitrogen and oxygen atoms in total. The van der Waals surface area contributed by atoms with Crippen LogP contribution in [0.4, 0.5) is 4.79 Å². The number of benzene rings is 2. The van der Waals surface area contributed by atoms with Gasteiger partial charge in [-0.2, -0.15) is 0 Å². The number of rotatable bonds is 5. The minimum atomic E-state index is -1.15. The Hall–Kier alpha value is -2.86. The van der Waals surface area contributed by atoms with Crippen LogP contribution in [-0.4, -0.2) is 48.3 Å². The first-order valence-electron chi connectivity index (χ1n) is 8.05. The number of fused-ring (bicyclic) bond motifs is 3. The molecule has 0 saturated carbocycles. The number of amides is 1. The van der Waals surface area contributed by atoms with E-state index in [2.05, 4.69) is 12.1 Å². The summed E-state index contributed by atoms with van der Waals surface area (Å²) in [4.78, 5) is 24.4. The summed E-state index contributed by atoms with van der Waals surface area (Å²) in [6.07, 6.45) is -0.695. The zero-order valence-electron chi connectivity index (χ0n) is 13.9. The molecule has 6 heteroatoms. The van der Waals surface area contributed by atoms with Gasteiger partial charge in [-0.3, -0.25) is 4.90 Å². The first-order valence-corrected chi connectivity index (χ1v) is 8.05. The summed E-state index contributed by atoms with van der Waals surface area (Å²) in [6.45, 7) is -0.0237. The van der Waals surface area contributed by atoms with Crippen LogP contribution < -0.4 is 5.73 Å². The lowest BCUT2D eigenvalue weighted by molar-refractivity contribution is -0.141. The fourth-order valence-corrected chi connectivity index (χ4v) is 3.25. The van der Waals surface area contributed by atoms with Crippen LogP contribution in [0.3, 0.4) is 0 Å². The van der Waals surface area contributed by atoms with Gasteiger partial charge < -0.3 is 15.6 Å². The van der Waals surface area contributed by atoms with Crippen LogP contribution >= 0.6 is 0 Å². The Balaban J connectivity index is 1.78. The average molecular weight is 340 g/mol. The molecule has 130 valence electrons. The van der Waals surface area contributed by atoms with E-state index >= 15 is 0 Å². The number of carboxylic acids is 1. The van der Waals surface area contributed by atoms with Crippen molar-refractivity contribution in [2.24, 2.45) is 5.73 Å². The molecular weight excluding hydrogens is 320 g/mol. The fraction of sp³-hybridized carbons (Fsp3) is 0.263. The van der Waals surface area contributed by atoms with Crippen LogP contribution in [0.15, 0.2) is 48.5 Å². The smallest absolute Gasteiger partial charge is 0.410 e. The Bertz CT molecular complexity index is 760. The monoisotopic (exact) mass is 340 g/mol. The molecule has 25 heavy (non-hydrogen) atoms. The number of carbonyl (C=O) groups is 2. The molecule has 0 heterocycles. The van der Waals surface area contributed by atoms with Gasteiger partial charge in [0.25, 0.3) is 0 Å². The highest BCUT2D eigenvalue weighted by Crippen LogP contribution is 2.44. The van der Waals surface area contributed by atoms with Crippen LogP contribution in [0.25, 0.3) is 11.1 Å². The van der Waals surface area contributed by atoms with Gasteiger partial charge in [0.2, 0.25) is 0 Å². The molecule has 1 aliphatic rings. The third-order valence-electron chi connectivity index (χ3n) is 4.60. The predicted molar refractivity (Wildman–Crippen MR) is 93.3 cm³/mol. The molecule has 0 saturated heterocycles. The summed E-state index contributed by atoms with van der Waals surface area (Å²) < 4.78 is 5.40. The lowest BCUT2D eigenvalue weighted by Gasteiger charge is -2.24. The second kappa shape index (κ2) is 6.94. The van der Waals surface area contributed by atoms with Crippen molar-refractivity contribution in [2.45, 2.75) is 12.0 Å². The van der Waals surface area contributed by atoms with E-state index in [1.165, 1.54) is 7.05 Å². The SMILES string of the molecule is CN(C(=O)OCC1c2ccccc2-c2ccccc21)C(CN)C(=O)O. The summed E-state index contributed by atoms with van der Waals surface area (Å²) in [5, 5.41) is 9.10. The van der Waals surface area contributed by atoms with Gasteiger partial charge in [-0.25, -0.2) is 9.59 Å². The highest BCUT2D eigenvalue weighted by molar-refractivity contribution is 5.81. The Morgan fingerprint density at radius 1 is 1.12 bits per heavy atom. The van der Waals surface area contributed by atoms with Crippen LogP contribution in [-0.2, 0) is 9.53 Å². The topological polar surface area (TPSA) is 92.9 Å². The van der Waals surface area contributed by atoms with Gasteiger partial charge in [0, 0.05) is 19.5 Å². The van der Waals surface area contributed by atoms with E-state index in [0.29, 0.717) is 0 Å². The van der Waals surface area contributed by atoms with Crippen molar-refractivity contribution in [3.05, 3.63) is 59.7 Å². The number of nitrogens with zero attached hydrogens (tertiary/aromatic N) is 1. The Morgan fingerprint density at radius 3 is 2.12 bits per heavy atom. The molecule has 1 amide bonds. The Labute approximate surface area is 145 Å². The average Bonchev–Trinajstić information content (AvgIpc) is 2.94. The molecule has 1 unspecified atom stereocenters. The maximum Gasteiger partial charge on any atom is 0.410 e. The van der Waals surface area contributed by atoms with E-state index < -0.39 is 18.1 Å². The third-order valence-corrected chi connectivity index (χ3v) is 4.60. The summed E-state index contributed by atoms with van der Waals surface area (Å²) >= 11 is 0. The number of likely N-dealkylation sites (N-methyl/N-ethyl adjacent to an activating group) is 1. The third kappa shape index (κ3) is 3.08. The van der Waals surface area contributed by atoms with E-state index in [1.54, 1.807) is 0 Å². The highest BCUT2D eigenvalue weighted by Gasteiger charge is 2.31. The van der Waals surface area contributed by atoms with Gasteiger partial charge >= 0.3 is 12.1 Å². The van der Waals surface area contributed by atoms with Crippen molar-refractivity contribution in [2.75, 3.05) is 20.2 Å². The number of carboxylic acid groups (broad SMARTS) is 1. The number of aliphatic carboxylic acids is 1. The first-order chi connectivity index (χ1) is 12.0. The second-order valence-corrected chi connectivity index (χ2v) is 6.00. The molecule has 3 rings (SSSR count). The van der Waals surface area contributed by atoms with Gasteiger partial charge in [0.1, 0.15) is 12.6 Å². The quantitative estimate of drug-likeness (QED) is 0.871. The standard InChI is InChI=1S/C19H20N2O4/c1-21(17(10-20)18(22)23)19(24)25-11-16-14-8-4-2-6-12(14)13-7-3-5-9-15(13)16/h2-9,16-17H,10-11,20H2,1H3,(H,22,23). The number of ether oxygens (including phenoxy) is 1. The molecule has 0 aliphatic heterocycles. The molecule has 3 N–H and O–H groups in total. The van der Waals surface area contributed by atoms with Gasteiger partial charge in [-0.05, 0) is 22.3 Å².